The van der Waals surface area contributed by atoms with Gasteiger partial charge in [0.25, 0.3) is 0 Å². The molecule has 1 aliphatic heterocycles. The number of hydrogen-bond acceptors (Lipinski definition) is 2. The van der Waals surface area contributed by atoms with Crippen molar-refractivity contribution in [3.05, 3.63) is 22.4 Å². The summed E-state index contributed by atoms with van der Waals surface area (Å²) in [5.74, 6) is -0.198. The van der Waals surface area contributed by atoms with Crippen LogP contribution >= 0.6 is 15.9 Å². The number of nitrogens with one attached hydrogen (secondary N) is 1. The van der Waals surface area contributed by atoms with Crippen molar-refractivity contribution in [1.29, 1.82) is 0 Å². The van der Waals surface area contributed by atoms with E-state index in [0.717, 1.165) is 30.9 Å². The summed E-state index contributed by atoms with van der Waals surface area (Å²) in [5.41, 5.74) is 1.99. The summed E-state index contributed by atoms with van der Waals surface area (Å²) in [5, 5.41) is 3.30. The molecule has 1 unspecified atom stereocenters. The van der Waals surface area contributed by atoms with Crippen molar-refractivity contribution in [3.8, 4) is 0 Å². The number of nitrogens with zero attached hydrogens (tertiary/aromatic N) is 1. The molecule has 1 aromatic rings. The lowest BCUT2D eigenvalue weighted by Crippen LogP contribution is -2.40. The Labute approximate surface area is 104 Å². The first kappa shape index (κ1) is 11.7. The maximum absolute atomic E-state index is 13.5. The Morgan fingerprint density at radius 2 is 2.31 bits per heavy atom. The van der Waals surface area contributed by atoms with Gasteiger partial charge in [0.15, 0.2) is 0 Å². The van der Waals surface area contributed by atoms with Crippen LogP contribution in [-0.4, -0.2) is 19.1 Å². The molecule has 2 nitrogen and oxygen atoms in total. The quantitative estimate of drug-likeness (QED) is 0.893. The predicted octanol–water partition coefficient (Wildman–Crippen LogP) is 3.62. The molecule has 0 bridgehead atoms. The molecule has 0 aliphatic carbocycles. The molecule has 0 fully saturated rings. The minimum atomic E-state index is -0.198. The highest BCUT2D eigenvalue weighted by molar-refractivity contribution is 9.10. The van der Waals surface area contributed by atoms with Gasteiger partial charge < -0.3 is 10.2 Å². The van der Waals surface area contributed by atoms with Crippen LogP contribution in [0.3, 0.4) is 0 Å². The van der Waals surface area contributed by atoms with Gasteiger partial charge in [-0.05, 0) is 35.3 Å². The Bertz CT molecular complexity index is 395. The van der Waals surface area contributed by atoms with E-state index < -0.39 is 0 Å². The molecule has 1 aromatic carbocycles. The lowest BCUT2D eigenvalue weighted by atomic mass is 10.1. The van der Waals surface area contributed by atoms with Gasteiger partial charge in [-0.15, -0.1) is 0 Å². The highest BCUT2D eigenvalue weighted by Crippen LogP contribution is 2.35. The van der Waals surface area contributed by atoms with E-state index in [-0.39, 0.29) is 5.82 Å². The predicted molar refractivity (Wildman–Crippen MR) is 69.7 cm³/mol. The maximum atomic E-state index is 13.5. The molecule has 16 heavy (non-hydrogen) atoms. The van der Waals surface area contributed by atoms with Crippen molar-refractivity contribution < 1.29 is 4.39 Å². The zero-order chi connectivity index (χ0) is 11.7. The van der Waals surface area contributed by atoms with Crippen LogP contribution in [0, 0.1) is 5.82 Å². The zero-order valence-corrected chi connectivity index (χ0v) is 11.1. The lowest BCUT2D eigenvalue weighted by molar-refractivity contribution is 0.599. The Balaban J connectivity index is 2.41. The topological polar surface area (TPSA) is 15.3 Å². The molecule has 0 saturated carbocycles. The molecule has 0 aromatic heterocycles. The summed E-state index contributed by atoms with van der Waals surface area (Å²) < 4.78 is 14.1. The summed E-state index contributed by atoms with van der Waals surface area (Å²) in [6.45, 7) is 6.18. The van der Waals surface area contributed by atoms with Gasteiger partial charge in [0.2, 0.25) is 0 Å². The smallest absolute Gasteiger partial charge is 0.139 e. The van der Waals surface area contributed by atoms with E-state index in [4.69, 9.17) is 0 Å². The highest BCUT2D eigenvalue weighted by atomic mass is 79.9. The second-order valence-corrected chi connectivity index (χ2v) is 5.02. The van der Waals surface area contributed by atoms with Crippen LogP contribution in [0.1, 0.15) is 20.3 Å². The van der Waals surface area contributed by atoms with Crippen LogP contribution in [0.2, 0.25) is 0 Å². The van der Waals surface area contributed by atoms with Crippen molar-refractivity contribution in [3.63, 3.8) is 0 Å². The van der Waals surface area contributed by atoms with E-state index >= 15 is 0 Å². The minimum absolute atomic E-state index is 0.198. The average molecular weight is 287 g/mol. The van der Waals surface area contributed by atoms with Crippen LogP contribution in [-0.2, 0) is 0 Å². The Morgan fingerprint density at radius 3 is 3.00 bits per heavy atom. The summed E-state index contributed by atoms with van der Waals surface area (Å²) >= 11 is 3.21. The largest absolute Gasteiger partial charge is 0.382 e. The number of benzene rings is 1. The summed E-state index contributed by atoms with van der Waals surface area (Å²) in [4.78, 5) is 2.27. The monoisotopic (exact) mass is 286 g/mol. The van der Waals surface area contributed by atoms with Crippen LogP contribution in [0.15, 0.2) is 16.6 Å². The summed E-state index contributed by atoms with van der Waals surface area (Å²) in [6, 6.07) is 3.87. The van der Waals surface area contributed by atoms with E-state index in [0.29, 0.717) is 10.5 Å². The van der Waals surface area contributed by atoms with Gasteiger partial charge in [0, 0.05) is 25.2 Å². The van der Waals surface area contributed by atoms with E-state index in [9.17, 15) is 4.39 Å². The fourth-order valence-electron chi connectivity index (χ4n) is 2.03. The van der Waals surface area contributed by atoms with Gasteiger partial charge in [-0.2, -0.15) is 0 Å². The van der Waals surface area contributed by atoms with Gasteiger partial charge in [-0.1, -0.05) is 6.92 Å². The molecule has 1 N–H and O–H groups in total. The van der Waals surface area contributed by atoms with Gasteiger partial charge >= 0.3 is 0 Å². The summed E-state index contributed by atoms with van der Waals surface area (Å²) in [7, 11) is 0. The van der Waals surface area contributed by atoms with Gasteiger partial charge in [-0.25, -0.2) is 4.39 Å². The molecule has 1 atom stereocenters. The molecule has 1 heterocycles. The SMILES string of the molecule is CCC(C)N1CCNc2cc(Br)c(F)cc21. The molecule has 88 valence electrons. The Morgan fingerprint density at radius 1 is 1.56 bits per heavy atom. The van der Waals surface area contributed by atoms with E-state index in [1.807, 2.05) is 6.07 Å². The first-order chi connectivity index (χ1) is 7.63. The Hall–Kier alpha value is -0.770. The second-order valence-electron chi connectivity index (χ2n) is 4.16. The number of halogens is 2. The summed E-state index contributed by atoms with van der Waals surface area (Å²) in [6.07, 6.45) is 1.07. The van der Waals surface area contributed by atoms with E-state index in [1.165, 1.54) is 0 Å². The fraction of sp³-hybridized carbons (Fsp3) is 0.500. The van der Waals surface area contributed by atoms with Crippen LogP contribution in [0.25, 0.3) is 0 Å². The third kappa shape index (κ3) is 2.03. The Kier molecular flexibility index (Phi) is 3.38. The maximum Gasteiger partial charge on any atom is 0.139 e. The molecule has 0 amide bonds. The zero-order valence-electron chi connectivity index (χ0n) is 9.56. The number of anilines is 2. The lowest BCUT2D eigenvalue weighted by Gasteiger charge is -2.36. The van der Waals surface area contributed by atoms with Crippen molar-refractivity contribution >= 4 is 27.3 Å². The molecular weight excluding hydrogens is 271 g/mol. The van der Waals surface area contributed by atoms with Gasteiger partial charge in [0.05, 0.1) is 15.8 Å². The van der Waals surface area contributed by atoms with Gasteiger partial charge in [0.1, 0.15) is 5.82 Å². The molecule has 0 radical (unpaired) electrons. The van der Waals surface area contributed by atoms with Crippen molar-refractivity contribution in [2.45, 2.75) is 26.3 Å². The minimum Gasteiger partial charge on any atom is -0.382 e. The first-order valence-corrected chi connectivity index (χ1v) is 6.42. The van der Waals surface area contributed by atoms with Crippen LogP contribution < -0.4 is 10.2 Å². The molecule has 2 rings (SSSR count). The van der Waals surface area contributed by atoms with E-state index in [2.05, 4.69) is 40.0 Å². The fourth-order valence-corrected chi connectivity index (χ4v) is 2.37. The average Bonchev–Trinajstić information content (AvgIpc) is 2.29. The molecule has 0 saturated heterocycles. The number of hydrogen-bond donors (Lipinski definition) is 1. The van der Waals surface area contributed by atoms with Crippen LogP contribution in [0.4, 0.5) is 15.8 Å². The molecular formula is C12H16BrFN2. The number of rotatable bonds is 2. The highest BCUT2D eigenvalue weighted by Gasteiger charge is 2.21. The molecule has 4 heteroatoms. The van der Waals surface area contributed by atoms with E-state index in [1.54, 1.807) is 6.07 Å². The first-order valence-electron chi connectivity index (χ1n) is 5.63. The van der Waals surface area contributed by atoms with Gasteiger partial charge in [-0.3, -0.25) is 0 Å². The third-order valence-electron chi connectivity index (χ3n) is 3.14. The molecule has 0 spiro atoms. The molecule has 1 aliphatic rings. The van der Waals surface area contributed by atoms with Crippen LogP contribution in [0.5, 0.6) is 0 Å². The normalized spacial score (nSPS) is 16.6. The van der Waals surface area contributed by atoms with Crippen molar-refractivity contribution in [2.24, 2.45) is 0 Å². The standard InChI is InChI=1S/C12H16BrFN2/c1-3-8(2)16-5-4-15-11-6-9(13)10(14)7-12(11)16/h6-8,15H,3-5H2,1-2H3. The van der Waals surface area contributed by atoms with Crippen molar-refractivity contribution in [2.75, 3.05) is 23.3 Å². The third-order valence-corrected chi connectivity index (χ3v) is 3.75. The second kappa shape index (κ2) is 4.62. The van der Waals surface area contributed by atoms with Crippen molar-refractivity contribution in [1.82, 2.24) is 0 Å². The number of fused-ring (bicyclic) bond motifs is 1.